The average Bonchev–Trinajstić information content (AvgIpc) is 3.43. The summed E-state index contributed by atoms with van der Waals surface area (Å²) in [6.07, 6.45) is 1.99. The SMILES string of the molecule is CC1C(c2cc(N3CCOC[C@@H]3C)nc(-c3ccc(NC(=O)NC(C)(C)O)cc3)n2)CC1S(=O)(=O)c1nccs1. The number of aromatic nitrogens is 3. The number of hydrogen-bond donors (Lipinski definition) is 3. The minimum atomic E-state index is -3.50. The van der Waals surface area contributed by atoms with Gasteiger partial charge < -0.3 is 25.4 Å². The van der Waals surface area contributed by atoms with Gasteiger partial charge in [0.2, 0.25) is 14.2 Å². The Kier molecular flexibility index (Phi) is 7.83. The van der Waals surface area contributed by atoms with Gasteiger partial charge in [-0.05, 0) is 57.4 Å². The van der Waals surface area contributed by atoms with Crippen LogP contribution in [-0.2, 0) is 14.6 Å². The molecular formula is C27H34N6O5S2. The van der Waals surface area contributed by atoms with Crippen molar-refractivity contribution in [1.29, 1.82) is 0 Å². The highest BCUT2D eigenvalue weighted by molar-refractivity contribution is 7.94. The number of nitrogens with one attached hydrogen (secondary N) is 2. The molecule has 3 aromatic rings. The Hall–Kier alpha value is -3.13. The van der Waals surface area contributed by atoms with E-state index in [4.69, 9.17) is 14.7 Å². The van der Waals surface area contributed by atoms with Crippen LogP contribution in [0.5, 0.6) is 0 Å². The van der Waals surface area contributed by atoms with Gasteiger partial charge in [-0.3, -0.25) is 0 Å². The smallest absolute Gasteiger partial charge is 0.321 e. The number of benzene rings is 1. The number of aliphatic hydroxyl groups is 1. The first-order valence-corrected chi connectivity index (χ1v) is 15.6. The van der Waals surface area contributed by atoms with Crippen molar-refractivity contribution in [2.45, 2.75) is 61.4 Å². The number of hydrogen-bond acceptors (Lipinski definition) is 10. The van der Waals surface area contributed by atoms with Crippen LogP contribution in [-0.4, -0.2) is 71.3 Å². The van der Waals surface area contributed by atoms with Crippen molar-refractivity contribution in [3.05, 3.63) is 47.6 Å². The molecule has 1 aromatic carbocycles. The number of sulfone groups is 1. The molecule has 1 aliphatic heterocycles. The van der Waals surface area contributed by atoms with Crippen LogP contribution in [0.1, 0.15) is 45.7 Å². The van der Waals surface area contributed by atoms with Crippen LogP contribution in [0.2, 0.25) is 0 Å². The average molecular weight is 587 g/mol. The minimum Gasteiger partial charge on any atom is -0.377 e. The van der Waals surface area contributed by atoms with E-state index in [9.17, 15) is 18.3 Å². The molecule has 4 atom stereocenters. The summed E-state index contributed by atoms with van der Waals surface area (Å²) in [5.41, 5.74) is 0.772. The lowest BCUT2D eigenvalue weighted by atomic mass is 9.72. The molecule has 5 rings (SSSR count). The van der Waals surface area contributed by atoms with Crippen LogP contribution in [0, 0.1) is 5.92 Å². The zero-order valence-electron chi connectivity index (χ0n) is 22.9. The quantitative estimate of drug-likeness (QED) is 0.353. The third-order valence-corrected chi connectivity index (χ3v) is 10.9. The fourth-order valence-corrected chi connectivity index (χ4v) is 8.27. The number of amides is 2. The molecule has 13 heteroatoms. The van der Waals surface area contributed by atoms with Gasteiger partial charge in [-0.25, -0.2) is 28.2 Å². The Morgan fingerprint density at radius 1 is 1.20 bits per heavy atom. The van der Waals surface area contributed by atoms with Gasteiger partial charge in [-0.1, -0.05) is 6.92 Å². The molecular weight excluding hydrogens is 552 g/mol. The molecule has 3 unspecified atom stereocenters. The molecule has 0 spiro atoms. The molecule has 214 valence electrons. The van der Waals surface area contributed by atoms with Crippen LogP contribution < -0.4 is 15.5 Å². The lowest BCUT2D eigenvalue weighted by Gasteiger charge is -2.42. The summed E-state index contributed by atoms with van der Waals surface area (Å²) < 4.78 is 32.1. The molecule has 0 bridgehead atoms. The molecule has 2 aromatic heterocycles. The third kappa shape index (κ3) is 5.97. The molecule has 2 amide bonds. The van der Waals surface area contributed by atoms with Gasteiger partial charge in [-0.15, -0.1) is 11.3 Å². The number of urea groups is 1. The molecule has 1 saturated heterocycles. The summed E-state index contributed by atoms with van der Waals surface area (Å²) in [5, 5.41) is 16.1. The zero-order valence-corrected chi connectivity index (χ0v) is 24.5. The Labute approximate surface area is 237 Å². The zero-order chi connectivity index (χ0) is 28.7. The van der Waals surface area contributed by atoms with E-state index in [0.29, 0.717) is 37.7 Å². The second-order valence-electron chi connectivity index (χ2n) is 10.9. The molecule has 1 aliphatic carbocycles. The van der Waals surface area contributed by atoms with Gasteiger partial charge in [0.15, 0.2) is 5.82 Å². The van der Waals surface area contributed by atoms with Gasteiger partial charge in [0.1, 0.15) is 11.5 Å². The Bertz CT molecular complexity index is 1460. The Morgan fingerprint density at radius 3 is 2.58 bits per heavy atom. The normalized spacial score (nSPS) is 23.4. The van der Waals surface area contributed by atoms with E-state index in [-0.39, 0.29) is 22.2 Å². The predicted molar refractivity (Wildman–Crippen MR) is 153 cm³/mol. The first-order chi connectivity index (χ1) is 18.9. The maximum atomic E-state index is 13.1. The lowest BCUT2D eigenvalue weighted by molar-refractivity contribution is 0.0569. The Balaban J connectivity index is 1.43. The number of thiazole rings is 1. The largest absolute Gasteiger partial charge is 0.377 e. The molecule has 0 radical (unpaired) electrons. The van der Waals surface area contributed by atoms with Crippen LogP contribution in [0.15, 0.2) is 46.2 Å². The highest BCUT2D eigenvalue weighted by atomic mass is 32.2. The Morgan fingerprint density at radius 2 is 1.95 bits per heavy atom. The van der Waals surface area contributed by atoms with Crippen LogP contribution >= 0.6 is 11.3 Å². The first kappa shape index (κ1) is 28.4. The monoisotopic (exact) mass is 586 g/mol. The molecule has 2 fully saturated rings. The van der Waals surface area contributed by atoms with Gasteiger partial charge in [-0.2, -0.15) is 0 Å². The summed E-state index contributed by atoms with van der Waals surface area (Å²) in [6, 6.07) is 8.72. The lowest BCUT2D eigenvalue weighted by Crippen LogP contribution is -2.45. The van der Waals surface area contributed by atoms with Crippen molar-refractivity contribution in [3.63, 3.8) is 0 Å². The van der Waals surface area contributed by atoms with Crippen molar-refractivity contribution in [1.82, 2.24) is 20.3 Å². The van der Waals surface area contributed by atoms with Crippen LogP contribution in [0.25, 0.3) is 11.4 Å². The molecule has 1 saturated carbocycles. The minimum absolute atomic E-state index is 0.0388. The fourth-order valence-electron chi connectivity index (χ4n) is 5.15. The third-order valence-electron chi connectivity index (χ3n) is 7.35. The van der Waals surface area contributed by atoms with E-state index in [1.165, 1.54) is 20.0 Å². The number of morpholine rings is 1. The summed E-state index contributed by atoms with van der Waals surface area (Å²) in [4.78, 5) is 28.2. The predicted octanol–water partition coefficient (Wildman–Crippen LogP) is 3.64. The van der Waals surface area contributed by atoms with Gasteiger partial charge in [0, 0.05) is 41.4 Å². The summed E-state index contributed by atoms with van der Waals surface area (Å²) in [6.45, 7) is 8.89. The number of ether oxygens (including phenoxy) is 1. The number of rotatable bonds is 7. The molecule has 3 heterocycles. The number of carbonyl (C=O) groups excluding carboxylic acids is 1. The maximum absolute atomic E-state index is 13.1. The van der Waals surface area contributed by atoms with E-state index in [1.54, 1.807) is 17.5 Å². The van der Waals surface area contributed by atoms with Crippen molar-refractivity contribution >= 4 is 38.7 Å². The number of carbonyl (C=O) groups is 1. The summed E-state index contributed by atoms with van der Waals surface area (Å²) in [7, 11) is -3.50. The standard InChI is InChI=1S/C27H34N6O5S2/c1-16-15-38-11-10-33(16)23-14-21(20-13-22(17(20)2)40(36,37)26-28-9-12-39-26)30-24(31-23)18-5-7-19(8-6-18)29-25(34)32-27(3,4)35/h5-9,12,14,16-17,20,22,35H,10-11,13,15H2,1-4H3,(H2,29,32,34)/t16-,17?,20?,22?/m0/s1. The van der Waals surface area contributed by atoms with E-state index < -0.39 is 26.8 Å². The fraction of sp³-hybridized carbons (Fsp3) is 0.481. The van der Waals surface area contributed by atoms with Gasteiger partial charge in [0.05, 0.1) is 30.2 Å². The van der Waals surface area contributed by atoms with E-state index in [2.05, 4.69) is 27.4 Å². The molecule has 11 nitrogen and oxygen atoms in total. The van der Waals surface area contributed by atoms with Gasteiger partial charge in [0.25, 0.3) is 0 Å². The second-order valence-corrected chi connectivity index (χ2v) is 14.1. The first-order valence-electron chi connectivity index (χ1n) is 13.2. The summed E-state index contributed by atoms with van der Waals surface area (Å²) >= 11 is 1.15. The number of anilines is 2. The van der Waals surface area contributed by atoms with Crippen molar-refractivity contribution < 1.29 is 23.1 Å². The highest BCUT2D eigenvalue weighted by Gasteiger charge is 2.48. The molecule has 40 heavy (non-hydrogen) atoms. The van der Waals surface area contributed by atoms with E-state index >= 15 is 0 Å². The van der Waals surface area contributed by atoms with Gasteiger partial charge >= 0.3 is 6.03 Å². The van der Waals surface area contributed by atoms with E-state index in [1.807, 2.05) is 25.1 Å². The van der Waals surface area contributed by atoms with Crippen LogP contribution in [0.3, 0.4) is 0 Å². The summed E-state index contributed by atoms with van der Waals surface area (Å²) in [5.74, 6) is 1.13. The van der Waals surface area contributed by atoms with Crippen molar-refractivity contribution in [2.75, 3.05) is 30.0 Å². The van der Waals surface area contributed by atoms with E-state index in [0.717, 1.165) is 28.4 Å². The number of nitrogens with zero attached hydrogens (tertiary/aromatic N) is 4. The molecule has 3 N–H and O–H groups in total. The molecule has 2 aliphatic rings. The topological polar surface area (TPSA) is 147 Å². The van der Waals surface area contributed by atoms with Crippen molar-refractivity contribution in [2.24, 2.45) is 5.92 Å². The second kappa shape index (κ2) is 11.0. The van der Waals surface area contributed by atoms with Crippen LogP contribution in [0.4, 0.5) is 16.3 Å². The van der Waals surface area contributed by atoms with Crippen molar-refractivity contribution in [3.8, 4) is 11.4 Å². The maximum Gasteiger partial charge on any atom is 0.321 e. The highest BCUT2D eigenvalue weighted by Crippen LogP contribution is 2.48.